The summed E-state index contributed by atoms with van der Waals surface area (Å²) in [5, 5.41) is 11.1. The second-order valence-electron chi connectivity index (χ2n) is 3.43. The van der Waals surface area contributed by atoms with E-state index in [1.807, 2.05) is 24.3 Å². The Bertz CT molecular complexity index is 460. The average molecular weight is 251 g/mol. The monoisotopic (exact) mass is 251 g/mol. The Labute approximate surface area is 104 Å². The van der Waals surface area contributed by atoms with E-state index in [4.69, 9.17) is 14.6 Å². The molecular weight excluding hydrogens is 238 g/mol. The standard InChI is InChI=1S/C10H9NO3.C2H4O2/c1-13-8-4-2-7(3-5-8)9-6-10(12)14-11-9;1-2(3)4/h2-5H,6H2,1H3;1H3,(H,3,4). The van der Waals surface area contributed by atoms with E-state index in [9.17, 15) is 4.79 Å². The minimum atomic E-state index is -0.833. The lowest BCUT2D eigenvalue weighted by Gasteiger charge is -2.00. The van der Waals surface area contributed by atoms with E-state index in [1.165, 1.54) is 0 Å². The second kappa shape index (κ2) is 6.39. The summed E-state index contributed by atoms with van der Waals surface area (Å²) in [5.41, 5.74) is 1.55. The van der Waals surface area contributed by atoms with Gasteiger partial charge in [-0.2, -0.15) is 0 Å². The van der Waals surface area contributed by atoms with Gasteiger partial charge in [0.1, 0.15) is 5.75 Å². The SMILES string of the molecule is CC(=O)O.COc1ccc(C2=NOC(=O)C2)cc1. The number of hydrogen-bond donors (Lipinski definition) is 1. The van der Waals surface area contributed by atoms with E-state index in [0.717, 1.165) is 18.2 Å². The molecule has 1 aromatic carbocycles. The van der Waals surface area contributed by atoms with Gasteiger partial charge in [0.25, 0.3) is 5.97 Å². The lowest BCUT2D eigenvalue weighted by Crippen LogP contribution is -2.00. The van der Waals surface area contributed by atoms with Crippen molar-refractivity contribution in [2.75, 3.05) is 7.11 Å². The Balaban J connectivity index is 0.000000357. The number of carbonyl (C=O) groups excluding carboxylic acids is 1. The molecule has 0 aromatic heterocycles. The van der Waals surface area contributed by atoms with Gasteiger partial charge >= 0.3 is 5.97 Å². The van der Waals surface area contributed by atoms with Gasteiger partial charge in [-0.3, -0.25) is 4.79 Å². The highest BCUT2D eigenvalue weighted by Crippen LogP contribution is 2.16. The molecule has 6 nitrogen and oxygen atoms in total. The number of carboxylic acids is 1. The van der Waals surface area contributed by atoms with Gasteiger partial charge in [0.2, 0.25) is 0 Å². The third kappa shape index (κ3) is 4.25. The molecule has 0 bridgehead atoms. The number of ether oxygens (including phenoxy) is 1. The van der Waals surface area contributed by atoms with E-state index in [0.29, 0.717) is 5.71 Å². The van der Waals surface area contributed by atoms with Crippen LogP contribution in [0.2, 0.25) is 0 Å². The molecule has 18 heavy (non-hydrogen) atoms. The number of methoxy groups -OCH3 is 1. The minimum absolute atomic E-state index is 0.242. The van der Waals surface area contributed by atoms with Crippen molar-refractivity contribution in [3.05, 3.63) is 29.8 Å². The van der Waals surface area contributed by atoms with Crippen LogP contribution in [0.4, 0.5) is 0 Å². The Morgan fingerprint density at radius 2 is 1.94 bits per heavy atom. The third-order valence-electron chi connectivity index (χ3n) is 1.99. The van der Waals surface area contributed by atoms with Crippen molar-refractivity contribution in [1.82, 2.24) is 0 Å². The number of carbonyl (C=O) groups is 2. The molecule has 1 aliphatic rings. The van der Waals surface area contributed by atoms with Crippen LogP contribution in [0.15, 0.2) is 29.4 Å². The predicted octanol–water partition coefficient (Wildman–Crippen LogP) is 1.44. The molecule has 0 spiro atoms. The minimum Gasteiger partial charge on any atom is -0.497 e. The smallest absolute Gasteiger partial charge is 0.341 e. The Morgan fingerprint density at radius 3 is 2.33 bits per heavy atom. The van der Waals surface area contributed by atoms with Crippen molar-refractivity contribution >= 4 is 17.7 Å². The maximum atomic E-state index is 10.8. The number of hydrogen-bond acceptors (Lipinski definition) is 5. The maximum absolute atomic E-state index is 10.8. The topological polar surface area (TPSA) is 85.2 Å². The average Bonchev–Trinajstić information content (AvgIpc) is 2.75. The lowest BCUT2D eigenvalue weighted by molar-refractivity contribution is -0.140. The molecule has 6 heteroatoms. The van der Waals surface area contributed by atoms with Crippen molar-refractivity contribution in [3.8, 4) is 5.75 Å². The first-order valence-electron chi connectivity index (χ1n) is 5.13. The molecule has 2 rings (SSSR count). The van der Waals surface area contributed by atoms with Gasteiger partial charge < -0.3 is 14.7 Å². The summed E-state index contributed by atoms with van der Waals surface area (Å²) in [5.74, 6) is -0.365. The molecule has 0 radical (unpaired) electrons. The van der Waals surface area contributed by atoms with Gasteiger partial charge in [-0.05, 0) is 24.3 Å². The Hall–Kier alpha value is -2.37. The molecular formula is C12H13NO5. The van der Waals surface area contributed by atoms with Gasteiger partial charge in [0, 0.05) is 12.5 Å². The van der Waals surface area contributed by atoms with Crippen LogP contribution >= 0.6 is 0 Å². The molecule has 0 fully saturated rings. The first-order valence-corrected chi connectivity index (χ1v) is 5.13. The zero-order valence-corrected chi connectivity index (χ0v) is 10.0. The van der Waals surface area contributed by atoms with Crippen LogP contribution in [0.3, 0.4) is 0 Å². The molecule has 0 unspecified atom stereocenters. The fourth-order valence-corrected chi connectivity index (χ4v) is 1.25. The van der Waals surface area contributed by atoms with Gasteiger partial charge in [-0.15, -0.1) is 0 Å². The molecule has 1 aliphatic heterocycles. The number of benzene rings is 1. The second-order valence-corrected chi connectivity index (χ2v) is 3.43. The number of nitrogens with zero attached hydrogens (tertiary/aromatic N) is 1. The highest BCUT2D eigenvalue weighted by molar-refractivity contribution is 6.11. The summed E-state index contributed by atoms with van der Waals surface area (Å²) in [7, 11) is 1.61. The third-order valence-corrected chi connectivity index (χ3v) is 1.99. The number of oxime groups is 1. The summed E-state index contributed by atoms with van der Waals surface area (Å²) in [6, 6.07) is 7.33. The summed E-state index contributed by atoms with van der Waals surface area (Å²) < 4.78 is 5.01. The van der Waals surface area contributed by atoms with Gasteiger partial charge in [-0.1, -0.05) is 5.16 Å². The molecule has 0 amide bonds. The largest absolute Gasteiger partial charge is 0.497 e. The number of carboxylic acid groups (broad SMARTS) is 1. The van der Waals surface area contributed by atoms with E-state index < -0.39 is 5.97 Å². The molecule has 1 aromatic rings. The van der Waals surface area contributed by atoms with Gasteiger partial charge in [0.05, 0.1) is 19.2 Å². The number of aliphatic carboxylic acids is 1. The molecule has 1 heterocycles. The first-order chi connectivity index (χ1) is 8.52. The number of rotatable bonds is 2. The predicted molar refractivity (Wildman–Crippen MR) is 63.5 cm³/mol. The van der Waals surface area contributed by atoms with E-state index in [2.05, 4.69) is 9.99 Å². The highest BCUT2D eigenvalue weighted by atomic mass is 16.7. The fourth-order valence-electron chi connectivity index (χ4n) is 1.25. The van der Waals surface area contributed by atoms with Gasteiger partial charge in [0.15, 0.2) is 0 Å². The molecule has 0 saturated heterocycles. The van der Waals surface area contributed by atoms with Crippen molar-refractivity contribution in [2.24, 2.45) is 5.16 Å². The van der Waals surface area contributed by atoms with Crippen molar-refractivity contribution in [1.29, 1.82) is 0 Å². The van der Waals surface area contributed by atoms with Crippen molar-refractivity contribution < 1.29 is 24.3 Å². The fraction of sp³-hybridized carbons (Fsp3) is 0.250. The summed E-state index contributed by atoms with van der Waals surface area (Å²) >= 11 is 0. The van der Waals surface area contributed by atoms with E-state index >= 15 is 0 Å². The molecule has 1 N–H and O–H groups in total. The van der Waals surface area contributed by atoms with Crippen LogP contribution in [0.1, 0.15) is 18.9 Å². The summed E-state index contributed by atoms with van der Waals surface area (Å²) in [6.45, 7) is 1.08. The van der Waals surface area contributed by atoms with Crippen LogP contribution in [0, 0.1) is 0 Å². The molecule has 0 saturated carbocycles. The Morgan fingerprint density at radius 1 is 1.39 bits per heavy atom. The summed E-state index contributed by atoms with van der Waals surface area (Å²) in [6.07, 6.45) is 0.242. The first kappa shape index (κ1) is 13.7. The summed E-state index contributed by atoms with van der Waals surface area (Å²) in [4.78, 5) is 24.3. The zero-order valence-electron chi connectivity index (χ0n) is 10.0. The molecule has 0 aliphatic carbocycles. The van der Waals surface area contributed by atoms with Crippen LogP contribution in [0.5, 0.6) is 5.75 Å². The molecule has 96 valence electrons. The highest BCUT2D eigenvalue weighted by Gasteiger charge is 2.18. The van der Waals surface area contributed by atoms with Crippen LogP contribution in [0.25, 0.3) is 0 Å². The lowest BCUT2D eigenvalue weighted by atomic mass is 10.1. The van der Waals surface area contributed by atoms with Crippen LogP contribution in [-0.4, -0.2) is 29.9 Å². The maximum Gasteiger partial charge on any atom is 0.341 e. The normalized spacial score (nSPS) is 13.0. The van der Waals surface area contributed by atoms with E-state index in [-0.39, 0.29) is 12.4 Å². The Kier molecular flexibility index (Phi) is 4.86. The van der Waals surface area contributed by atoms with Crippen molar-refractivity contribution in [3.63, 3.8) is 0 Å². The molecule has 0 atom stereocenters. The quantitative estimate of drug-likeness (QED) is 0.804. The van der Waals surface area contributed by atoms with Crippen LogP contribution < -0.4 is 4.74 Å². The van der Waals surface area contributed by atoms with Crippen LogP contribution in [-0.2, 0) is 14.4 Å². The van der Waals surface area contributed by atoms with E-state index in [1.54, 1.807) is 7.11 Å². The zero-order chi connectivity index (χ0) is 13.5. The van der Waals surface area contributed by atoms with Gasteiger partial charge in [-0.25, -0.2) is 4.79 Å². The van der Waals surface area contributed by atoms with Crippen molar-refractivity contribution in [2.45, 2.75) is 13.3 Å².